The van der Waals surface area contributed by atoms with Gasteiger partial charge >= 0.3 is 19.8 Å². The molecule has 1 N–H and O–H groups in total. The number of ether oxygens (including phenoxy) is 2. The lowest BCUT2D eigenvalue weighted by atomic mass is 10.0. The van der Waals surface area contributed by atoms with Gasteiger partial charge in [0.15, 0.2) is 6.10 Å². The molecular formula is C36H69O8P. The Morgan fingerprint density at radius 1 is 0.578 bits per heavy atom. The summed E-state index contributed by atoms with van der Waals surface area (Å²) in [6, 6.07) is 0. The number of carbonyl (C=O) groups is 2. The van der Waals surface area contributed by atoms with Gasteiger partial charge in [-0.2, -0.15) is 0 Å². The van der Waals surface area contributed by atoms with Crippen molar-refractivity contribution in [2.45, 2.75) is 187 Å². The Morgan fingerprint density at radius 2 is 1.04 bits per heavy atom. The minimum absolute atomic E-state index is 0.00149. The van der Waals surface area contributed by atoms with Crippen LogP contribution in [0.4, 0.5) is 0 Å². The highest BCUT2D eigenvalue weighted by Crippen LogP contribution is 2.43. The van der Waals surface area contributed by atoms with Crippen LogP contribution in [0.3, 0.4) is 0 Å². The third-order valence-electron chi connectivity index (χ3n) is 7.80. The molecule has 0 rings (SSSR count). The number of carbonyl (C=O) groups excluding carboxylic acids is 2. The summed E-state index contributed by atoms with van der Waals surface area (Å²) >= 11 is 0. The third-order valence-corrected chi connectivity index (χ3v) is 8.86. The molecule has 0 saturated heterocycles. The first-order valence-corrected chi connectivity index (χ1v) is 20.0. The zero-order chi connectivity index (χ0) is 33.3. The van der Waals surface area contributed by atoms with Crippen LogP contribution < -0.4 is 0 Å². The lowest BCUT2D eigenvalue weighted by Gasteiger charge is -2.19. The molecule has 0 bridgehead atoms. The molecule has 0 aliphatic carbocycles. The zero-order valence-electron chi connectivity index (χ0n) is 29.3. The first kappa shape index (κ1) is 43.8. The van der Waals surface area contributed by atoms with Crippen molar-refractivity contribution in [1.82, 2.24) is 0 Å². The van der Waals surface area contributed by atoms with Crippen LogP contribution in [-0.4, -0.2) is 42.8 Å². The highest BCUT2D eigenvalue weighted by molar-refractivity contribution is 7.47. The molecule has 0 aromatic carbocycles. The Kier molecular flexibility index (Phi) is 31.8. The second kappa shape index (κ2) is 32.7. The first-order chi connectivity index (χ1) is 21.8. The van der Waals surface area contributed by atoms with Gasteiger partial charge in [-0.15, -0.1) is 0 Å². The topological polar surface area (TPSA) is 108 Å². The average molecular weight is 661 g/mol. The third kappa shape index (κ3) is 32.5. The summed E-state index contributed by atoms with van der Waals surface area (Å²) in [6.45, 7) is 5.40. The molecule has 9 heteroatoms. The van der Waals surface area contributed by atoms with Crippen LogP contribution in [0, 0.1) is 0 Å². The van der Waals surface area contributed by atoms with Gasteiger partial charge in [-0.25, -0.2) is 4.57 Å². The fourth-order valence-corrected chi connectivity index (χ4v) is 5.86. The summed E-state index contributed by atoms with van der Waals surface area (Å²) in [6.07, 6.45) is 31.3. The molecule has 0 heterocycles. The Hall–Kier alpha value is -1.21. The molecule has 0 radical (unpaired) electrons. The summed E-state index contributed by atoms with van der Waals surface area (Å²) in [7, 11) is -4.27. The molecule has 0 amide bonds. The highest BCUT2D eigenvalue weighted by Gasteiger charge is 2.25. The quantitative estimate of drug-likeness (QED) is 0.0314. The van der Waals surface area contributed by atoms with E-state index in [1.54, 1.807) is 6.92 Å². The van der Waals surface area contributed by atoms with Gasteiger partial charge in [0.2, 0.25) is 0 Å². The summed E-state index contributed by atoms with van der Waals surface area (Å²) in [5.74, 6) is -0.805. The van der Waals surface area contributed by atoms with Crippen molar-refractivity contribution >= 4 is 19.8 Å². The molecule has 0 saturated carbocycles. The number of phosphoric ester groups is 1. The van der Waals surface area contributed by atoms with E-state index >= 15 is 0 Å². The van der Waals surface area contributed by atoms with E-state index in [-0.39, 0.29) is 25.6 Å². The van der Waals surface area contributed by atoms with E-state index in [1.807, 2.05) is 0 Å². The lowest BCUT2D eigenvalue weighted by molar-refractivity contribution is -0.161. The van der Waals surface area contributed by atoms with Gasteiger partial charge in [0.05, 0.1) is 13.2 Å². The van der Waals surface area contributed by atoms with Crippen LogP contribution in [0.15, 0.2) is 12.2 Å². The fourth-order valence-electron chi connectivity index (χ4n) is 5.10. The lowest BCUT2D eigenvalue weighted by Crippen LogP contribution is -2.29. The maximum Gasteiger partial charge on any atom is 0.472 e. The minimum Gasteiger partial charge on any atom is -0.462 e. The Bertz CT molecular complexity index is 757. The average Bonchev–Trinajstić information content (AvgIpc) is 3.01. The molecule has 0 aromatic heterocycles. The van der Waals surface area contributed by atoms with E-state index in [4.69, 9.17) is 18.5 Å². The molecule has 0 spiro atoms. The predicted molar refractivity (Wildman–Crippen MR) is 184 cm³/mol. The van der Waals surface area contributed by atoms with E-state index in [0.29, 0.717) is 12.8 Å². The SMILES string of the molecule is CCC/C=C\CCCCCCCC(=O)OC(COC(=O)CCCCCCCCCCCCCCCCC)COP(=O)(O)OCC. The van der Waals surface area contributed by atoms with Crippen molar-refractivity contribution in [3.63, 3.8) is 0 Å². The van der Waals surface area contributed by atoms with Crippen LogP contribution in [0.2, 0.25) is 0 Å². The largest absolute Gasteiger partial charge is 0.472 e. The van der Waals surface area contributed by atoms with Gasteiger partial charge < -0.3 is 14.4 Å². The van der Waals surface area contributed by atoms with Gasteiger partial charge in [-0.3, -0.25) is 18.6 Å². The molecular weight excluding hydrogens is 591 g/mol. The van der Waals surface area contributed by atoms with E-state index in [1.165, 1.54) is 83.5 Å². The number of rotatable bonds is 34. The van der Waals surface area contributed by atoms with Gasteiger partial charge in [0.25, 0.3) is 0 Å². The van der Waals surface area contributed by atoms with E-state index in [0.717, 1.165) is 57.8 Å². The molecule has 0 fully saturated rings. The van der Waals surface area contributed by atoms with Crippen molar-refractivity contribution in [2.75, 3.05) is 19.8 Å². The zero-order valence-corrected chi connectivity index (χ0v) is 30.2. The smallest absolute Gasteiger partial charge is 0.462 e. The number of allylic oxidation sites excluding steroid dienone is 2. The van der Waals surface area contributed by atoms with Crippen LogP contribution in [-0.2, 0) is 32.7 Å². The summed E-state index contributed by atoms with van der Waals surface area (Å²) in [4.78, 5) is 34.5. The summed E-state index contributed by atoms with van der Waals surface area (Å²) in [5, 5.41) is 0. The van der Waals surface area contributed by atoms with Gasteiger partial charge in [-0.05, 0) is 39.0 Å². The summed E-state index contributed by atoms with van der Waals surface area (Å²) < 4.78 is 32.4. The molecule has 0 aromatic rings. The number of esters is 2. The van der Waals surface area contributed by atoms with Crippen molar-refractivity contribution < 1.29 is 37.6 Å². The Balaban J connectivity index is 4.11. The second-order valence-electron chi connectivity index (χ2n) is 12.2. The van der Waals surface area contributed by atoms with Crippen LogP contribution >= 0.6 is 7.82 Å². The number of phosphoric acid groups is 1. The predicted octanol–water partition coefficient (Wildman–Crippen LogP) is 10.9. The number of hydrogen-bond donors (Lipinski definition) is 1. The number of unbranched alkanes of at least 4 members (excludes halogenated alkanes) is 20. The van der Waals surface area contributed by atoms with Crippen molar-refractivity contribution in [3.8, 4) is 0 Å². The van der Waals surface area contributed by atoms with Gasteiger partial charge in [0.1, 0.15) is 6.61 Å². The molecule has 2 atom stereocenters. The van der Waals surface area contributed by atoms with Crippen LogP contribution in [0.25, 0.3) is 0 Å². The second-order valence-corrected chi connectivity index (χ2v) is 13.7. The maximum absolute atomic E-state index is 12.4. The molecule has 8 nitrogen and oxygen atoms in total. The standard InChI is InChI=1S/C36H69O8P/c1-4-7-9-11-13-15-17-18-19-20-21-23-24-26-28-30-35(37)41-32-34(33-43-45(39,40)42-6-3)44-36(38)31-29-27-25-22-16-14-12-10-8-5-2/h10,12,34H,4-9,11,13-33H2,1-3H3,(H,39,40)/b12-10-. The molecule has 266 valence electrons. The van der Waals surface area contributed by atoms with Crippen molar-refractivity contribution in [3.05, 3.63) is 12.2 Å². The van der Waals surface area contributed by atoms with Crippen molar-refractivity contribution in [1.29, 1.82) is 0 Å². The van der Waals surface area contributed by atoms with Gasteiger partial charge in [0, 0.05) is 12.8 Å². The minimum atomic E-state index is -4.27. The summed E-state index contributed by atoms with van der Waals surface area (Å²) in [5.41, 5.74) is 0. The molecule has 0 aliphatic heterocycles. The van der Waals surface area contributed by atoms with Crippen molar-refractivity contribution in [2.24, 2.45) is 0 Å². The van der Waals surface area contributed by atoms with Gasteiger partial charge in [-0.1, -0.05) is 142 Å². The van der Waals surface area contributed by atoms with E-state index < -0.39 is 26.5 Å². The highest BCUT2D eigenvalue weighted by atomic mass is 31.2. The Morgan fingerprint density at radius 3 is 1.56 bits per heavy atom. The maximum atomic E-state index is 12.4. The van der Waals surface area contributed by atoms with Crippen LogP contribution in [0.1, 0.15) is 181 Å². The van der Waals surface area contributed by atoms with E-state index in [9.17, 15) is 19.0 Å². The molecule has 45 heavy (non-hydrogen) atoms. The molecule has 0 aliphatic rings. The monoisotopic (exact) mass is 660 g/mol. The first-order valence-electron chi connectivity index (χ1n) is 18.5. The van der Waals surface area contributed by atoms with E-state index in [2.05, 4.69) is 26.0 Å². The fraction of sp³-hybridized carbons (Fsp3) is 0.889. The normalized spacial score (nSPS) is 13.6. The van der Waals surface area contributed by atoms with Crippen LogP contribution in [0.5, 0.6) is 0 Å². The Labute approximate surface area is 276 Å². The molecule has 2 unspecified atom stereocenters. The number of hydrogen-bond acceptors (Lipinski definition) is 7.